The maximum absolute atomic E-state index is 12.7. The predicted octanol–water partition coefficient (Wildman–Crippen LogP) is 3.19. The van der Waals surface area contributed by atoms with Crippen LogP contribution < -0.4 is 16.6 Å². The predicted molar refractivity (Wildman–Crippen MR) is 114 cm³/mol. The number of aromatic nitrogens is 2. The van der Waals surface area contributed by atoms with Gasteiger partial charge in [0.15, 0.2) is 0 Å². The second-order valence-corrected chi connectivity index (χ2v) is 8.99. The highest BCUT2D eigenvalue weighted by atomic mass is 16.2. The number of amides is 1. The van der Waals surface area contributed by atoms with Crippen LogP contribution in [0.2, 0.25) is 0 Å². The van der Waals surface area contributed by atoms with E-state index in [2.05, 4.69) is 17.2 Å². The first kappa shape index (κ1) is 19.9. The number of para-hydroxylation sites is 1. The van der Waals surface area contributed by atoms with Gasteiger partial charge in [0.05, 0.1) is 10.9 Å². The van der Waals surface area contributed by atoms with Crippen LogP contribution in [-0.4, -0.2) is 21.5 Å². The Kier molecular flexibility index (Phi) is 5.88. The van der Waals surface area contributed by atoms with Crippen molar-refractivity contribution in [3.8, 4) is 0 Å². The number of benzene rings is 1. The zero-order valence-corrected chi connectivity index (χ0v) is 17.2. The molecule has 2 fully saturated rings. The van der Waals surface area contributed by atoms with E-state index in [4.69, 9.17) is 0 Å². The van der Waals surface area contributed by atoms with Gasteiger partial charge in [-0.25, -0.2) is 4.79 Å². The maximum atomic E-state index is 12.7. The minimum absolute atomic E-state index is 0.0620. The van der Waals surface area contributed by atoms with Gasteiger partial charge in [-0.1, -0.05) is 31.9 Å². The Morgan fingerprint density at radius 3 is 2.55 bits per heavy atom. The lowest BCUT2D eigenvalue weighted by molar-refractivity contribution is -0.127. The Hall–Kier alpha value is -2.37. The van der Waals surface area contributed by atoms with Gasteiger partial charge in [-0.2, -0.15) is 0 Å². The zero-order chi connectivity index (χ0) is 20.4. The Labute approximate surface area is 170 Å². The minimum atomic E-state index is -0.347. The molecule has 2 saturated carbocycles. The monoisotopic (exact) mass is 397 g/mol. The van der Waals surface area contributed by atoms with Gasteiger partial charge >= 0.3 is 5.69 Å². The average Bonchev–Trinajstić information content (AvgIpc) is 2.73. The lowest BCUT2D eigenvalue weighted by atomic mass is 9.80. The number of aromatic amines is 1. The standard InChI is InChI=1S/C23H31N3O3/c1-15-6-2-4-8-19(15)24-21(27)17-12-10-16(11-13-17)14-26-22(28)18-7-3-5-9-20(18)25-23(26)29/h3,5,7,9,15-17,19H,2,4,6,8,10-14H2,1H3,(H,24,27)(H,25,29)/t15-,16?,17?,19-/m0/s1. The first-order valence-electron chi connectivity index (χ1n) is 11.0. The quantitative estimate of drug-likeness (QED) is 0.831. The summed E-state index contributed by atoms with van der Waals surface area (Å²) in [5.74, 6) is 1.08. The van der Waals surface area contributed by atoms with E-state index in [1.165, 1.54) is 23.8 Å². The van der Waals surface area contributed by atoms with Crippen LogP contribution in [0.15, 0.2) is 33.9 Å². The molecule has 2 atom stereocenters. The Balaban J connectivity index is 1.37. The molecule has 156 valence electrons. The average molecular weight is 398 g/mol. The summed E-state index contributed by atoms with van der Waals surface area (Å²) in [6.07, 6.45) is 8.18. The third-order valence-corrected chi connectivity index (χ3v) is 6.99. The molecular formula is C23H31N3O3. The fourth-order valence-corrected chi connectivity index (χ4v) is 5.06. The molecule has 0 spiro atoms. The van der Waals surface area contributed by atoms with Crippen molar-refractivity contribution >= 4 is 16.8 Å². The van der Waals surface area contributed by atoms with E-state index in [1.807, 2.05) is 12.1 Å². The minimum Gasteiger partial charge on any atom is -0.353 e. The van der Waals surface area contributed by atoms with Crippen LogP contribution >= 0.6 is 0 Å². The maximum Gasteiger partial charge on any atom is 0.328 e. The SMILES string of the molecule is C[C@H]1CCCC[C@@H]1NC(=O)C1CCC(Cn2c(=O)[nH]c3ccccc3c2=O)CC1. The van der Waals surface area contributed by atoms with Crippen molar-refractivity contribution in [1.82, 2.24) is 14.9 Å². The number of hydrogen-bond donors (Lipinski definition) is 2. The molecule has 0 aliphatic heterocycles. The van der Waals surface area contributed by atoms with Crippen molar-refractivity contribution in [2.75, 3.05) is 0 Å². The molecule has 1 amide bonds. The number of hydrogen-bond acceptors (Lipinski definition) is 3. The molecule has 4 rings (SSSR count). The number of fused-ring (bicyclic) bond motifs is 1. The number of nitrogens with one attached hydrogen (secondary N) is 2. The molecule has 6 heteroatoms. The molecule has 0 unspecified atom stereocenters. The molecule has 2 aromatic rings. The molecule has 29 heavy (non-hydrogen) atoms. The van der Waals surface area contributed by atoms with Crippen molar-refractivity contribution in [1.29, 1.82) is 0 Å². The van der Waals surface area contributed by atoms with Crippen LogP contribution in [0.4, 0.5) is 0 Å². The number of rotatable bonds is 4. The normalized spacial score (nSPS) is 27.6. The van der Waals surface area contributed by atoms with E-state index >= 15 is 0 Å². The summed E-state index contributed by atoms with van der Waals surface area (Å²) in [5, 5.41) is 3.84. The lowest BCUT2D eigenvalue weighted by Gasteiger charge is -2.33. The van der Waals surface area contributed by atoms with E-state index in [0.29, 0.717) is 29.4 Å². The lowest BCUT2D eigenvalue weighted by Crippen LogP contribution is -2.44. The van der Waals surface area contributed by atoms with E-state index in [9.17, 15) is 14.4 Å². The molecule has 6 nitrogen and oxygen atoms in total. The Morgan fingerprint density at radius 1 is 1.07 bits per heavy atom. The van der Waals surface area contributed by atoms with Crippen LogP contribution in [0.1, 0.15) is 58.3 Å². The van der Waals surface area contributed by atoms with Gasteiger partial charge in [0, 0.05) is 18.5 Å². The Bertz CT molecular complexity index is 985. The van der Waals surface area contributed by atoms with E-state index in [1.54, 1.807) is 12.1 Å². The first-order valence-corrected chi connectivity index (χ1v) is 11.0. The summed E-state index contributed by atoms with van der Waals surface area (Å²) >= 11 is 0. The molecule has 0 saturated heterocycles. The topological polar surface area (TPSA) is 84.0 Å². The summed E-state index contributed by atoms with van der Waals surface area (Å²) in [5.41, 5.74) is 0.00595. The van der Waals surface area contributed by atoms with Gasteiger partial charge in [0.25, 0.3) is 5.56 Å². The third kappa shape index (κ3) is 4.31. The number of nitrogens with zero attached hydrogens (tertiary/aromatic N) is 1. The van der Waals surface area contributed by atoms with Gasteiger partial charge in [0.2, 0.25) is 5.91 Å². The van der Waals surface area contributed by atoms with E-state index in [0.717, 1.165) is 32.1 Å². The number of carbonyl (C=O) groups is 1. The summed E-state index contributed by atoms with van der Waals surface area (Å²) in [4.78, 5) is 40.6. The van der Waals surface area contributed by atoms with E-state index < -0.39 is 0 Å². The van der Waals surface area contributed by atoms with Crippen molar-refractivity contribution in [3.63, 3.8) is 0 Å². The Morgan fingerprint density at radius 2 is 1.79 bits per heavy atom. The van der Waals surface area contributed by atoms with Gasteiger partial charge in [-0.3, -0.25) is 14.2 Å². The highest BCUT2D eigenvalue weighted by molar-refractivity contribution is 5.79. The third-order valence-electron chi connectivity index (χ3n) is 6.99. The molecule has 0 bridgehead atoms. The number of H-pyrrole nitrogens is 1. The van der Waals surface area contributed by atoms with Gasteiger partial charge in [-0.05, 0) is 62.5 Å². The van der Waals surface area contributed by atoms with Crippen LogP contribution in [0.25, 0.3) is 10.9 Å². The second-order valence-electron chi connectivity index (χ2n) is 8.99. The number of carbonyl (C=O) groups excluding carboxylic acids is 1. The van der Waals surface area contributed by atoms with Crippen molar-refractivity contribution in [2.24, 2.45) is 17.8 Å². The highest BCUT2D eigenvalue weighted by Crippen LogP contribution is 2.31. The molecular weight excluding hydrogens is 366 g/mol. The highest BCUT2D eigenvalue weighted by Gasteiger charge is 2.30. The molecule has 1 aromatic heterocycles. The molecule has 1 aromatic carbocycles. The van der Waals surface area contributed by atoms with Crippen molar-refractivity contribution in [3.05, 3.63) is 45.1 Å². The zero-order valence-electron chi connectivity index (χ0n) is 17.2. The summed E-state index contributed by atoms with van der Waals surface area (Å²) in [6.45, 7) is 2.66. The summed E-state index contributed by atoms with van der Waals surface area (Å²) in [6, 6.07) is 7.44. The largest absolute Gasteiger partial charge is 0.353 e. The molecule has 1 heterocycles. The van der Waals surface area contributed by atoms with Gasteiger partial charge < -0.3 is 10.3 Å². The second kappa shape index (κ2) is 8.56. The molecule has 2 aliphatic carbocycles. The van der Waals surface area contributed by atoms with Crippen LogP contribution in [0, 0.1) is 17.8 Å². The van der Waals surface area contributed by atoms with Crippen LogP contribution in [0.5, 0.6) is 0 Å². The van der Waals surface area contributed by atoms with Crippen molar-refractivity contribution < 1.29 is 4.79 Å². The molecule has 0 radical (unpaired) electrons. The van der Waals surface area contributed by atoms with Crippen LogP contribution in [-0.2, 0) is 11.3 Å². The first-order chi connectivity index (χ1) is 14.0. The molecule has 2 aliphatic rings. The van der Waals surface area contributed by atoms with E-state index in [-0.39, 0.29) is 29.0 Å². The van der Waals surface area contributed by atoms with Gasteiger partial charge in [0.1, 0.15) is 0 Å². The fraction of sp³-hybridized carbons (Fsp3) is 0.609. The summed E-state index contributed by atoms with van der Waals surface area (Å²) in [7, 11) is 0. The smallest absolute Gasteiger partial charge is 0.328 e. The van der Waals surface area contributed by atoms with Gasteiger partial charge in [-0.15, -0.1) is 0 Å². The molecule has 2 N–H and O–H groups in total. The van der Waals surface area contributed by atoms with Crippen molar-refractivity contribution in [2.45, 2.75) is 70.9 Å². The van der Waals surface area contributed by atoms with Crippen LogP contribution in [0.3, 0.4) is 0 Å². The fourth-order valence-electron chi connectivity index (χ4n) is 5.06. The summed E-state index contributed by atoms with van der Waals surface area (Å²) < 4.78 is 1.33.